The first-order chi connectivity index (χ1) is 12.8. The van der Waals surface area contributed by atoms with Crippen LogP contribution < -0.4 is 4.90 Å². The summed E-state index contributed by atoms with van der Waals surface area (Å²) < 4.78 is 10.0. The van der Waals surface area contributed by atoms with Gasteiger partial charge < -0.3 is 14.2 Å². The number of aromatic nitrogens is 2. The molecule has 27 heavy (non-hydrogen) atoms. The number of carbonyl (C=O) groups excluding carboxylic acids is 2. The molecule has 0 fully saturated rings. The number of ether oxygens (including phenoxy) is 1. The Bertz CT molecular complexity index is 851. The number of benzene rings is 1. The molecule has 7 heteroatoms. The van der Waals surface area contributed by atoms with E-state index in [-0.39, 0.29) is 17.3 Å². The Hall–Kier alpha value is -2.70. The van der Waals surface area contributed by atoms with Gasteiger partial charge in [-0.2, -0.15) is 4.98 Å². The molecule has 2 aromatic rings. The number of amides is 1. The van der Waals surface area contributed by atoms with E-state index >= 15 is 0 Å². The molecule has 0 radical (unpaired) electrons. The Morgan fingerprint density at radius 2 is 2.07 bits per heavy atom. The Labute approximate surface area is 158 Å². The van der Waals surface area contributed by atoms with Gasteiger partial charge in [0.15, 0.2) is 5.82 Å². The predicted octanol–water partition coefficient (Wildman–Crippen LogP) is 3.07. The van der Waals surface area contributed by atoms with Crippen molar-refractivity contribution in [1.82, 2.24) is 10.1 Å². The van der Waals surface area contributed by atoms with E-state index < -0.39 is 0 Å². The summed E-state index contributed by atoms with van der Waals surface area (Å²) in [4.78, 5) is 30.4. The molecule has 1 aromatic carbocycles. The zero-order chi connectivity index (χ0) is 19.6. The number of methoxy groups -OCH3 is 1. The highest BCUT2D eigenvalue weighted by Gasteiger charge is 2.26. The van der Waals surface area contributed by atoms with Crippen LogP contribution in [0.2, 0.25) is 0 Å². The van der Waals surface area contributed by atoms with Crippen LogP contribution in [-0.2, 0) is 27.8 Å². The smallest absolute Gasteiger partial charge is 0.337 e. The van der Waals surface area contributed by atoms with Crippen LogP contribution in [0.5, 0.6) is 0 Å². The minimum Gasteiger partial charge on any atom is -0.465 e. The minimum absolute atomic E-state index is 0.0649. The molecular weight excluding hydrogens is 346 g/mol. The van der Waals surface area contributed by atoms with Gasteiger partial charge in [0.1, 0.15) is 0 Å². The molecule has 0 bridgehead atoms. The third-order valence-corrected chi connectivity index (χ3v) is 4.62. The van der Waals surface area contributed by atoms with E-state index in [0.717, 1.165) is 17.7 Å². The van der Waals surface area contributed by atoms with Gasteiger partial charge in [0, 0.05) is 30.5 Å². The third kappa shape index (κ3) is 4.18. The molecule has 0 atom stereocenters. The second-order valence-corrected chi connectivity index (χ2v) is 7.75. The number of nitrogens with zero attached hydrogens (tertiary/aromatic N) is 3. The maximum atomic E-state index is 12.6. The van der Waals surface area contributed by atoms with Crippen LogP contribution >= 0.6 is 0 Å². The van der Waals surface area contributed by atoms with Crippen molar-refractivity contribution in [3.63, 3.8) is 0 Å². The van der Waals surface area contributed by atoms with Crippen molar-refractivity contribution in [2.75, 3.05) is 18.6 Å². The fourth-order valence-corrected chi connectivity index (χ4v) is 3.09. The molecule has 0 N–H and O–H groups in total. The van der Waals surface area contributed by atoms with Crippen molar-refractivity contribution in [3.8, 4) is 0 Å². The van der Waals surface area contributed by atoms with Gasteiger partial charge in [0.05, 0.1) is 12.7 Å². The van der Waals surface area contributed by atoms with Crippen LogP contribution in [0.15, 0.2) is 22.7 Å². The Balaban J connectivity index is 1.57. The molecule has 0 saturated heterocycles. The van der Waals surface area contributed by atoms with Gasteiger partial charge in [-0.25, -0.2) is 4.79 Å². The molecule has 3 rings (SSSR count). The molecule has 0 aliphatic carbocycles. The van der Waals surface area contributed by atoms with Crippen molar-refractivity contribution < 1.29 is 18.8 Å². The zero-order valence-corrected chi connectivity index (χ0v) is 16.2. The molecule has 1 aliphatic heterocycles. The first-order valence-corrected chi connectivity index (χ1v) is 9.14. The van der Waals surface area contributed by atoms with Crippen LogP contribution in [-0.4, -0.2) is 35.7 Å². The van der Waals surface area contributed by atoms with Gasteiger partial charge in [-0.1, -0.05) is 25.9 Å². The van der Waals surface area contributed by atoms with Gasteiger partial charge in [0.2, 0.25) is 11.8 Å². The molecular formula is C20H25N3O4. The Morgan fingerprint density at radius 1 is 1.30 bits per heavy atom. The maximum Gasteiger partial charge on any atom is 0.337 e. The van der Waals surface area contributed by atoms with Crippen LogP contribution in [0, 0.1) is 0 Å². The highest BCUT2D eigenvalue weighted by molar-refractivity contribution is 5.97. The standard InChI is InChI=1S/C20H25N3O4/c1-20(2,3)19-21-16(27-22-19)6-5-7-17(24)23-11-10-13-12-14(18(25)26-4)8-9-15(13)23/h8-9,12H,5-7,10-11H2,1-4H3. The summed E-state index contributed by atoms with van der Waals surface area (Å²) in [6, 6.07) is 5.32. The summed E-state index contributed by atoms with van der Waals surface area (Å²) in [7, 11) is 1.36. The monoisotopic (exact) mass is 371 g/mol. The van der Waals surface area contributed by atoms with Crippen LogP contribution in [0.1, 0.15) is 61.2 Å². The first-order valence-electron chi connectivity index (χ1n) is 9.14. The van der Waals surface area contributed by atoms with E-state index in [4.69, 9.17) is 9.26 Å². The van der Waals surface area contributed by atoms with Crippen molar-refractivity contribution >= 4 is 17.6 Å². The second kappa shape index (κ2) is 7.50. The summed E-state index contributed by atoms with van der Waals surface area (Å²) in [5.41, 5.74) is 2.23. The van der Waals surface area contributed by atoms with Gasteiger partial charge in [0.25, 0.3) is 0 Å². The quantitative estimate of drug-likeness (QED) is 0.751. The van der Waals surface area contributed by atoms with Crippen LogP contribution in [0.3, 0.4) is 0 Å². The highest BCUT2D eigenvalue weighted by atomic mass is 16.5. The fraction of sp³-hybridized carbons (Fsp3) is 0.500. The molecule has 1 aliphatic rings. The number of rotatable bonds is 5. The van der Waals surface area contributed by atoms with Crippen molar-refractivity contribution in [2.24, 2.45) is 0 Å². The van der Waals surface area contributed by atoms with Crippen LogP contribution in [0.25, 0.3) is 0 Å². The van der Waals surface area contributed by atoms with Crippen molar-refractivity contribution in [2.45, 2.75) is 51.9 Å². The van der Waals surface area contributed by atoms with Gasteiger partial charge in [-0.15, -0.1) is 0 Å². The third-order valence-electron chi connectivity index (χ3n) is 4.62. The highest BCUT2D eigenvalue weighted by Crippen LogP contribution is 2.30. The molecule has 1 amide bonds. The van der Waals surface area contributed by atoms with Gasteiger partial charge in [-0.3, -0.25) is 4.79 Å². The normalized spacial score (nSPS) is 13.6. The molecule has 0 spiro atoms. The summed E-state index contributed by atoms with van der Waals surface area (Å²) in [6.45, 7) is 6.72. The lowest BCUT2D eigenvalue weighted by Crippen LogP contribution is -2.28. The number of aryl methyl sites for hydroxylation is 1. The SMILES string of the molecule is COC(=O)c1ccc2c(c1)CCN2C(=O)CCCc1nc(C(C)(C)C)no1. The number of carbonyl (C=O) groups is 2. The summed E-state index contributed by atoms with van der Waals surface area (Å²) >= 11 is 0. The molecule has 0 unspecified atom stereocenters. The van der Waals surface area contributed by atoms with E-state index in [1.807, 2.05) is 26.8 Å². The minimum atomic E-state index is -0.364. The number of anilines is 1. The fourth-order valence-electron chi connectivity index (χ4n) is 3.09. The van der Waals surface area contributed by atoms with E-state index in [2.05, 4.69) is 10.1 Å². The van der Waals surface area contributed by atoms with Gasteiger partial charge in [-0.05, 0) is 36.6 Å². The van der Waals surface area contributed by atoms with Crippen molar-refractivity contribution in [1.29, 1.82) is 0 Å². The van der Waals surface area contributed by atoms with E-state index in [0.29, 0.717) is 43.1 Å². The van der Waals surface area contributed by atoms with Crippen LogP contribution in [0.4, 0.5) is 5.69 Å². The predicted molar refractivity (Wildman–Crippen MR) is 99.8 cm³/mol. The number of hydrogen-bond donors (Lipinski definition) is 0. The molecule has 1 aromatic heterocycles. The molecule has 0 saturated carbocycles. The summed E-state index contributed by atoms with van der Waals surface area (Å²) in [5, 5.41) is 4.00. The lowest BCUT2D eigenvalue weighted by molar-refractivity contribution is -0.118. The lowest BCUT2D eigenvalue weighted by atomic mass is 9.96. The van der Waals surface area contributed by atoms with E-state index in [1.165, 1.54) is 7.11 Å². The zero-order valence-electron chi connectivity index (χ0n) is 16.2. The first kappa shape index (κ1) is 19.1. The second-order valence-electron chi connectivity index (χ2n) is 7.75. The van der Waals surface area contributed by atoms with Crippen molar-refractivity contribution in [3.05, 3.63) is 41.0 Å². The number of esters is 1. The number of fused-ring (bicyclic) bond motifs is 1. The Morgan fingerprint density at radius 3 is 2.74 bits per heavy atom. The lowest BCUT2D eigenvalue weighted by Gasteiger charge is -2.17. The Kier molecular flexibility index (Phi) is 5.30. The topological polar surface area (TPSA) is 85.5 Å². The molecule has 144 valence electrons. The summed E-state index contributed by atoms with van der Waals surface area (Å²) in [6.07, 6.45) is 2.38. The molecule has 7 nitrogen and oxygen atoms in total. The summed E-state index contributed by atoms with van der Waals surface area (Å²) in [5.74, 6) is 0.947. The largest absolute Gasteiger partial charge is 0.465 e. The maximum absolute atomic E-state index is 12.6. The number of hydrogen-bond acceptors (Lipinski definition) is 6. The van der Waals surface area contributed by atoms with E-state index in [9.17, 15) is 9.59 Å². The van der Waals surface area contributed by atoms with Gasteiger partial charge >= 0.3 is 5.97 Å². The van der Waals surface area contributed by atoms with E-state index in [1.54, 1.807) is 17.0 Å². The average molecular weight is 371 g/mol. The molecule has 2 heterocycles. The average Bonchev–Trinajstić information content (AvgIpc) is 3.27.